The molecule has 1 aromatic heterocycles. The average molecular weight is 136 g/mol. The van der Waals surface area contributed by atoms with Crippen LogP contribution in [0.4, 0.5) is 0 Å². The highest BCUT2D eigenvalue weighted by atomic mass is 15.6. The smallest absolute Gasteiger partial charge is 0.152 e. The van der Waals surface area contributed by atoms with Gasteiger partial charge in [-0.05, 0) is 19.1 Å². The van der Waals surface area contributed by atoms with Gasteiger partial charge in [-0.3, -0.25) is 0 Å². The minimum Gasteiger partial charge on any atom is -0.152 e. The molecule has 0 aliphatic carbocycles. The molecule has 0 aliphatic heterocycles. The van der Waals surface area contributed by atoms with Crippen molar-refractivity contribution >= 4 is 0 Å². The third-order valence-corrected chi connectivity index (χ3v) is 0.950. The van der Waals surface area contributed by atoms with Crippen molar-refractivity contribution in [1.29, 1.82) is 0 Å². The predicted molar refractivity (Wildman–Crippen MR) is 36.0 cm³/mol. The molecule has 0 radical (unpaired) electrons. The summed E-state index contributed by atoms with van der Waals surface area (Å²) in [6.45, 7) is 4.10. The summed E-state index contributed by atoms with van der Waals surface area (Å²) in [5.74, 6) is 6.25. The van der Waals surface area contributed by atoms with Crippen LogP contribution in [0.5, 0.6) is 0 Å². The SMILES string of the molecule is CC#CCn1nnc(C)n1. The van der Waals surface area contributed by atoms with Gasteiger partial charge in [-0.1, -0.05) is 5.92 Å². The van der Waals surface area contributed by atoms with E-state index in [0.717, 1.165) is 0 Å². The number of hydrogen-bond donors (Lipinski definition) is 0. The van der Waals surface area contributed by atoms with Gasteiger partial charge in [0.2, 0.25) is 0 Å². The van der Waals surface area contributed by atoms with Crippen molar-refractivity contribution in [3.8, 4) is 11.8 Å². The fourth-order valence-electron chi connectivity index (χ4n) is 0.540. The summed E-state index contributed by atoms with van der Waals surface area (Å²) in [5.41, 5.74) is 0. The maximum Gasteiger partial charge on any atom is 0.171 e. The molecule has 1 aromatic rings. The van der Waals surface area contributed by atoms with E-state index in [1.165, 1.54) is 4.80 Å². The Morgan fingerprint density at radius 2 is 2.40 bits per heavy atom. The van der Waals surface area contributed by atoms with Crippen LogP contribution in [0.15, 0.2) is 0 Å². The van der Waals surface area contributed by atoms with Crippen molar-refractivity contribution < 1.29 is 0 Å². The lowest BCUT2D eigenvalue weighted by Crippen LogP contribution is -2.00. The van der Waals surface area contributed by atoms with Crippen molar-refractivity contribution in [3.63, 3.8) is 0 Å². The molecule has 0 aromatic carbocycles. The third-order valence-electron chi connectivity index (χ3n) is 0.950. The van der Waals surface area contributed by atoms with Crippen LogP contribution < -0.4 is 0 Å². The van der Waals surface area contributed by atoms with Gasteiger partial charge in [-0.15, -0.1) is 16.1 Å². The lowest BCUT2D eigenvalue weighted by Gasteiger charge is -1.84. The highest BCUT2D eigenvalue weighted by Gasteiger charge is 1.91. The molecule has 1 heterocycles. The van der Waals surface area contributed by atoms with Gasteiger partial charge in [-0.2, -0.15) is 4.80 Å². The summed E-state index contributed by atoms with van der Waals surface area (Å²) < 4.78 is 0. The Bertz CT molecular complexity index is 265. The van der Waals surface area contributed by atoms with E-state index in [1.807, 2.05) is 0 Å². The molecule has 0 amide bonds. The molecule has 1 rings (SSSR count). The van der Waals surface area contributed by atoms with Crippen LogP contribution in [0.1, 0.15) is 12.7 Å². The Kier molecular flexibility index (Phi) is 2.00. The van der Waals surface area contributed by atoms with Crippen molar-refractivity contribution in [2.45, 2.75) is 20.4 Å². The minimum atomic E-state index is 0.525. The molecule has 0 spiro atoms. The first-order valence-electron chi connectivity index (χ1n) is 2.97. The van der Waals surface area contributed by atoms with Gasteiger partial charge in [-0.25, -0.2) is 0 Å². The highest BCUT2D eigenvalue weighted by Crippen LogP contribution is 1.79. The predicted octanol–water partition coefficient (Wildman–Crippen LogP) is 0.00482. The van der Waals surface area contributed by atoms with Crippen LogP contribution in [-0.4, -0.2) is 20.2 Å². The number of rotatable bonds is 1. The van der Waals surface area contributed by atoms with Crippen molar-refractivity contribution in [2.24, 2.45) is 0 Å². The highest BCUT2D eigenvalue weighted by molar-refractivity contribution is 4.93. The van der Waals surface area contributed by atoms with Crippen molar-refractivity contribution in [2.75, 3.05) is 0 Å². The van der Waals surface area contributed by atoms with Gasteiger partial charge in [0.15, 0.2) is 5.82 Å². The van der Waals surface area contributed by atoms with E-state index in [9.17, 15) is 0 Å². The van der Waals surface area contributed by atoms with Crippen LogP contribution in [0.25, 0.3) is 0 Å². The van der Waals surface area contributed by atoms with E-state index < -0.39 is 0 Å². The van der Waals surface area contributed by atoms with Crippen molar-refractivity contribution in [3.05, 3.63) is 5.82 Å². The molecule has 0 bridgehead atoms. The molecular formula is C6H8N4. The lowest BCUT2D eigenvalue weighted by molar-refractivity contribution is 0.590. The van der Waals surface area contributed by atoms with Crippen LogP contribution in [-0.2, 0) is 6.54 Å². The van der Waals surface area contributed by atoms with Crippen LogP contribution >= 0.6 is 0 Å². The van der Waals surface area contributed by atoms with Crippen LogP contribution in [0.3, 0.4) is 0 Å². The first-order chi connectivity index (χ1) is 4.83. The molecule has 4 heteroatoms. The van der Waals surface area contributed by atoms with Crippen LogP contribution in [0, 0.1) is 18.8 Å². The van der Waals surface area contributed by atoms with Gasteiger partial charge >= 0.3 is 0 Å². The Labute approximate surface area is 59.2 Å². The maximum absolute atomic E-state index is 3.94. The van der Waals surface area contributed by atoms with E-state index in [4.69, 9.17) is 0 Å². The summed E-state index contributed by atoms with van der Waals surface area (Å²) in [5, 5.41) is 11.4. The zero-order valence-corrected chi connectivity index (χ0v) is 6.00. The van der Waals surface area contributed by atoms with E-state index in [-0.39, 0.29) is 0 Å². The summed E-state index contributed by atoms with van der Waals surface area (Å²) in [6.07, 6.45) is 0. The largest absolute Gasteiger partial charge is 0.171 e. The summed E-state index contributed by atoms with van der Waals surface area (Å²) in [7, 11) is 0. The fraction of sp³-hybridized carbons (Fsp3) is 0.500. The third kappa shape index (κ3) is 1.55. The molecule has 0 unspecified atom stereocenters. The molecular weight excluding hydrogens is 128 g/mol. The first kappa shape index (κ1) is 6.75. The van der Waals surface area contributed by atoms with Gasteiger partial charge in [0, 0.05) is 0 Å². The Morgan fingerprint density at radius 1 is 1.60 bits per heavy atom. The maximum atomic E-state index is 3.94. The molecule has 4 nitrogen and oxygen atoms in total. The Balaban J connectivity index is 2.64. The number of hydrogen-bond acceptors (Lipinski definition) is 3. The van der Waals surface area contributed by atoms with E-state index in [2.05, 4.69) is 27.3 Å². The van der Waals surface area contributed by atoms with Crippen molar-refractivity contribution in [1.82, 2.24) is 20.2 Å². The van der Waals surface area contributed by atoms with Crippen LogP contribution in [0.2, 0.25) is 0 Å². The topological polar surface area (TPSA) is 43.6 Å². The monoisotopic (exact) mass is 136 g/mol. The molecule has 0 atom stereocenters. The first-order valence-corrected chi connectivity index (χ1v) is 2.97. The molecule has 52 valence electrons. The molecule has 0 saturated carbocycles. The second kappa shape index (κ2) is 2.97. The molecule has 0 N–H and O–H groups in total. The van der Waals surface area contributed by atoms with E-state index in [1.54, 1.807) is 13.8 Å². The van der Waals surface area contributed by atoms with Gasteiger partial charge in [0.1, 0.15) is 6.54 Å². The van der Waals surface area contributed by atoms with E-state index in [0.29, 0.717) is 12.4 Å². The molecule has 0 aliphatic rings. The van der Waals surface area contributed by atoms with Gasteiger partial charge in [0.05, 0.1) is 0 Å². The second-order valence-corrected chi connectivity index (χ2v) is 1.79. The molecule has 10 heavy (non-hydrogen) atoms. The fourth-order valence-corrected chi connectivity index (χ4v) is 0.540. The number of aryl methyl sites for hydroxylation is 1. The standard InChI is InChI=1S/C6H8N4/c1-3-4-5-10-8-6(2)7-9-10/h5H2,1-2H3. The average Bonchev–Trinajstić information content (AvgIpc) is 2.31. The number of nitrogens with zero attached hydrogens (tertiary/aromatic N) is 4. The lowest BCUT2D eigenvalue weighted by atomic mass is 10.6. The number of aromatic nitrogens is 4. The summed E-state index contributed by atoms with van der Waals surface area (Å²) in [6, 6.07) is 0. The molecule has 0 fully saturated rings. The normalized spacial score (nSPS) is 8.60. The quantitative estimate of drug-likeness (QED) is 0.510. The second-order valence-electron chi connectivity index (χ2n) is 1.79. The number of tetrazole rings is 1. The Hall–Kier alpha value is -1.37. The zero-order chi connectivity index (χ0) is 7.40. The minimum absolute atomic E-state index is 0.525. The summed E-state index contributed by atoms with van der Waals surface area (Å²) in [4.78, 5) is 1.46. The molecule has 0 saturated heterocycles. The summed E-state index contributed by atoms with van der Waals surface area (Å²) >= 11 is 0. The van der Waals surface area contributed by atoms with E-state index >= 15 is 0 Å². The van der Waals surface area contributed by atoms with Gasteiger partial charge in [0.25, 0.3) is 0 Å². The zero-order valence-electron chi connectivity index (χ0n) is 6.00. The Morgan fingerprint density at radius 3 is 2.90 bits per heavy atom. The van der Waals surface area contributed by atoms with Gasteiger partial charge < -0.3 is 0 Å².